The summed E-state index contributed by atoms with van der Waals surface area (Å²) < 4.78 is 26.7. The molecule has 6 nitrogen and oxygen atoms in total. The van der Waals surface area contributed by atoms with Gasteiger partial charge in [0.1, 0.15) is 6.07 Å². The molecular weight excluding hydrogens is 292 g/mol. The summed E-state index contributed by atoms with van der Waals surface area (Å²) in [6.07, 6.45) is 0. The summed E-state index contributed by atoms with van der Waals surface area (Å²) in [5.41, 5.74) is 0.358. The summed E-state index contributed by atoms with van der Waals surface area (Å²) in [6.45, 7) is 0. The number of nitriles is 1. The quantitative estimate of drug-likeness (QED) is 0.898. The maximum absolute atomic E-state index is 12.2. The fourth-order valence-electron chi connectivity index (χ4n) is 1.65. The summed E-state index contributed by atoms with van der Waals surface area (Å²) in [7, 11) is -3.88. The van der Waals surface area contributed by atoms with E-state index in [-0.39, 0.29) is 21.7 Å². The van der Waals surface area contributed by atoms with Crippen LogP contribution in [0.3, 0.4) is 0 Å². The van der Waals surface area contributed by atoms with Crippen LogP contribution in [0.2, 0.25) is 0 Å². The first kappa shape index (κ1) is 14.6. The molecule has 2 aromatic carbocycles. The molecule has 2 rings (SSSR count). The van der Waals surface area contributed by atoms with Gasteiger partial charge in [-0.15, -0.1) is 0 Å². The van der Waals surface area contributed by atoms with E-state index in [1.807, 2.05) is 6.07 Å². The first-order chi connectivity index (χ1) is 9.94. The van der Waals surface area contributed by atoms with Crippen LogP contribution in [0, 0.1) is 11.3 Å². The topological polar surface area (TPSA) is 107 Å². The second-order valence-corrected chi connectivity index (χ2v) is 5.77. The number of hydrogen-bond acceptors (Lipinski definition) is 4. The van der Waals surface area contributed by atoms with Gasteiger partial charge in [0.25, 0.3) is 10.0 Å². The van der Waals surface area contributed by atoms with Crippen molar-refractivity contribution in [2.24, 2.45) is 0 Å². The van der Waals surface area contributed by atoms with Crippen LogP contribution in [0.4, 0.5) is 5.69 Å². The number of para-hydroxylation sites is 1. The van der Waals surface area contributed by atoms with E-state index in [4.69, 9.17) is 10.4 Å². The van der Waals surface area contributed by atoms with Gasteiger partial charge in [0.2, 0.25) is 0 Å². The predicted octanol–water partition coefficient (Wildman–Crippen LogP) is 2.06. The van der Waals surface area contributed by atoms with E-state index in [9.17, 15) is 13.2 Å². The Morgan fingerprint density at radius 3 is 2.29 bits per heavy atom. The molecule has 0 bridgehead atoms. The fourth-order valence-corrected chi connectivity index (χ4v) is 2.73. The van der Waals surface area contributed by atoms with Crippen molar-refractivity contribution in [3.05, 3.63) is 59.7 Å². The number of hydrogen-bond donors (Lipinski definition) is 2. The number of carbonyl (C=O) groups is 1. The second-order valence-electron chi connectivity index (χ2n) is 4.09. The van der Waals surface area contributed by atoms with Crippen LogP contribution in [-0.2, 0) is 10.0 Å². The zero-order chi connectivity index (χ0) is 15.5. The summed E-state index contributed by atoms with van der Waals surface area (Å²) in [5.74, 6) is -1.14. The van der Waals surface area contributed by atoms with Gasteiger partial charge in [-0.05, 0) is 36.4 Å². The molecule has 0 fully saturated rings. The number of benzene rings is 2. The largest absolute Gasteiger partial charge is 0.478 e. The lowest BCUT2D eigenvalue weighted by Gasteiger charge is -2.09. The lowest BCUT2D eigenvalue weighted by Crippen LogP contribution is -2.14. The Hall–Kier alpha value is -2.85. The zero-order valence-corrected chi connectivity index (χ0v) is 11.5. The van der Waals surface area contributed by atoms with Crippen molar-refractivity contribution >= 4 is 21.7 Å². The lowest BCUT2D eigenvalue weighted by atomic mass is 10.2. The highest BCUT2D eigenvalue weighted by atomic mass is 32.2. The SMILES string of the molecule is N#Cc1ccccc1NS(=O)(=O)c1ccc(C(=O)O)cc1. The molecule has 0 unspecified atom stereocenters. The van der Waals surface area contributed by atoms with Crippen molar-refractivity contribution in [2.45, 2.75) is 4.90 Å². The summed E-state index contributed by atoms with van der Waals surface area (Å²) in [4.78, 5) is 10.7. The van der Waals surface area contributed by atoms with Crippen LogP contribution < -0.4 is 4.72 Å². The summed E-state index contributed by atoms with van der Waals surface area (Å²) in [5, 5.41) is 17.7. The number of sulfonamides is 1. The maximum Gasteiger partial charge on any atom is 0.335 e. The molecular formula is C14H10N2O4S. The Balaban J connectivity index is 2.34. The van der Waals surface area contributed by atoms with Crippen LogP contribution in [0.25, 0.3) is 0 Å². The normalized spacial score (nSPS) is 10.6. The number of carboxylic acids is 1. The van der Waals surface area contributed by atoms with Crippen LogP contribution in [0.15, 0.2) is 53.4 Å². The van der Waals surface area contributed by atoms with Crippen LogP contribution in [-0.4, -0.2) is 19.5 Å². The van der Waals surface area contributed by atoms with E-state index in [0.29, 0.717) is 0 Å². The zero-order valence-electron chi connectivity index (χ0n) is 10.6. The number of nitrogens with one attached hydrogen (secondary N) is 1. The third-order valence-corrected chi connectivity index (χ3v) is 4.08. The van der Waals surface area contributed by atoms with E-state index >= 15 is 0 Å². The van der Waals surface area contributed by atoms with Gasteiger partial charge < -0.3 is 5.11 Å². The first-order valence-electron chi connectivity index (χ1n) is 5.79. The average molecular weight is 302 g/mol. The molecule has 0 saturated carbocycles. The molecule has 106 valence electrons. The van der Waals surface area contributed by atoms with Crippen LogP contribution in [0.1, 0.15) is 15.9 Å². The Bertz CT molecular complexity index is 821. The van der Waals surface area contributed by atoms with E-state index < -0.39 is 16.0 Å². The molecule has 21 heavy (non-hydrogen) atoms. The van der Waals surface area contributed by atoms with Crippen molar-refractivity contribution in [3.8, 4) is 6.07 Å². The van der Waals surface area contributed by atoms with Gasteiger partial charge in [-0.2, -0.15) is 5.26 Å². The van der Waals surface area contributed by atoms with Crippen molar-refractivity contribution < 1.29 is 18.3 Å². The molecule has 2 aromatic rings. The molecule has 7 heteroatoms. The second kappa shape index (κ2) is 5.64. The van der Waals surface area contributed by atoms with Gasteiger partial charge in [0, 0.05) is 0 Å². The van der Waals surface area contributed by atoms with Crippen molar-refractivity contribution in [1.29, 1.82) is 5.26 Å². The van der Waals surface area contributed by atoms with E-state index in [2.05, 4.69) is 4.72 Å². The Labute approximate surface area is 121 Å². The molecule has 0 saturated heterocycles. The van der Waals surface area contributed by atoms with Crippen LogP contribution in [0.5, 0.6) is 0 Å². The van der Waals surface area contributed by atoms with E-state index in [1.165, 1.54) is 36.4 Å². The number of aromatic carboxylic acids is 1. The highest BCUT2D eigenvalue weighted by Crippen LogP contribution is 2.19. The van der Waals surface area contributed by atoms with Gasteiger partial charge in [0.05, 0.1) is 21.7 Å². The van der Waals surface area contributed by atoms with Gasteiger partial charge in [0.15, 0.2) is 0 Å². The first-order valence-corrected chi connectivity index (χ1v) is 7.27. The molecule has 0 heterocycles. The van der Waals surface area contributed by atoms with Gasteiger partial charge >= 0.3 is 5.97 Å². The predicted molar refractivity (Wildman–Crippen MR) is 75.4 cm³/mol. The minimum Gasteiger partial charge on any atom is -0.478 e. The molecule has 0 aliphatic carbocycles. The van der Waals surface area contributed by atoms with E-state index in [0.717, 1.165) is 0 Å². The smallest absolute Gasteiger partial charge is 0.335 e. The highest BCUT2D eigenvalue weighted by Gasteiger charge is 2.16. The fraction of sp³-hybridized carbons (Fsp3) is 0. The van der Waals surface area contributed by atoms with Crippen LogP contribution >= 0.6 is 0 Å². The van der Waals surface area contributed by atoms with Crippen molar-refractivity contribution in [2.75, 3.05) is 4.72 Å². The van der Waals surface area contributed by atoms with Crippen molar-refractivity contribution in [1.82, 2.24) is 0 Å². The summed E-state index contributed by atoms with van der Waals surface area (Å²) in [6, 6.07) is 12.9. The molecule has 0 amide bonds. The number of anilines is 1. The lowest BCUT2D eigenvalue weighted by molar-refractivity contribution is 0.0696. The Kier molecular flexibility index (Phi) is 3.91. The minimum atomic E-state index is -3.88. The van der Waals surface area contributed by atoms with Gasteiger partial charge in [-0.3, -0.25) is 4.72 Å². The molecule has 0 atom stereocenters. The van der Waals surface area contributed by atoms with Gasteiger partial charge in [-0.25, -0.2) is 13.2 Å². The average Bonchev–Trinajstić information content (AvgIpc) is 2.47. The molecule has 2 N–H and O–H groups in total. The molecule has 0 aromatic heterocycles. The number of rotatable bonds is 4. The standard InChI is InChI=1S/C14H10N2O4S/c15-9-11-3-1-2-4-13(11)16-21(19,20)12-7-5-10(6-8-12)14(17)18/h1-8,16H,(H,17,18). The third kappa shape index (κ3) is 3.19. The monoisotopic (exact) mass is 302 g/mol. The Morgan fingerprint density at radius 1 is 1.10 bits per heavy atom. The number of nitrogens with zero attached hydrogens (tertiary/aromatic N) is 1. The minimum absolute atomic E-state index is 0.00799. The molecule has 0 aliphatic rings. The Morgan fingerprint density at radius 2 is 1.71 bits per heavy atom. The highest BCUT2D eigenvalue weighted by molar-refractivity contribution is 7.92. The summed E-state index contributed by atoms with van der Waals surface area (Å²) >= 11 is 0. The van der Waals surface area contributed by atoms with Crippen molar-refractivity contribution in [3.63, 3.8) is 0 Å². The van der Waals surface area contributed by atoms with Gasteiger partial charge in [-0.1, -0.05) is 12.1 Å². The molecule has 0 aliphatic heterocycles. The van der Waals surface area contributed by atoms with E-state index in [1.54, 1.807) is 12.1 Å². The molecule has 0 radical (unpaired) electrons. The molecule has 0 spiro atoms. The third-order valence-electron chi connectivity index (χ3n) is 2.70. The maximum atomic E-state index is 12.2. The number of carboxylic acid groups (broad SMARTS) is 1.